The summed E-state index contributed by atoms with van der Waals surface area (Å²) in [5.74, 6) is 1.14. The van der Waals surface area contributed by atoms with Crippen LogP contribution in [0.5, 0.6) is 0 Å². The van der Waals surface area contributed by atoms with Crippen LogP contribution in [0.1, 0.15) is 5.69 Å². The molecule has 26 heavy (non-hydrogen) atoms. The Morgan fingerprint density at radius 3 is 2.23 bits per heavy atom. The molecular weight excluding hydrogens is 409 g/mol. The van der Waals surface area contributed by atoms with Crippen molar-refractivity contribution in [2.75, 3.05) is 0 Å². The van der Waals surface area contributed by atoms with Crippen LogP contribution in [0, 0.1) is 0 Å². The molecule has 0 unspecified atom stereocenters. The zero-order chi connectivity index (χ0) is 17.9. The predicted octanol–water partition coefficient (Wildman–Crippen LogP) is 6.46. The number of hydrogen-bond donors (Lipinski definition) is 0. The average Bonchev–Trinajstić information content (AvgIpc) is 3.31. The average molecular weight is 420 g/mol. The van der Waals surface area contributed by atoms with Crippen LogP contribution in [0.4, 0.5) is 0 Å². The minimum atomic E-state index is 0.476. The van der Waals surface area contributed by atoms with Crippen LogP contribution in [-0.2, 0) is 5.75 Å². The van der Waals surface area contributed by atoms with Crippen molar-refractivity contribution in [3.8, 4) is 22.0 Å². The first-order valence-electron chi connectivity index (χ1n) is 7.60. The van der Waals surface area contributed by atoms with Gasteiger partial charge in [-0.1, -0.05) is 47.1 Å². The topological polar surface area (TPSA) is 51.8 Å². The summed E-state index contributed by atoms with van der Waals surface area (Å²) in [4.78, 5) is 4.65. The Labute approximate surface area is 168 Å². The van der Waals surface area contributed by atoms with Gasteiger partial charge < -0.3 is 4.42 Å². The van der Waals surface area contributed by atoms with E-state index in [0.717, 1.165) is 21.8 Å². The van der Waals surface area contributed by atoms with E-state index in [0.29, 0.717) is 26.9 Å². The molecule has 8 heteroatoms. The molecule has 0 fully saturated rings. The summed E-state index contributed by atoms with van der Waals surface area (Å²) in [6.07, 6.45) is 0. The van der Waals surface area contributed by atoms with Crippen LogP contribution >= 0.6 is 46.3 Å². The van der Waals surface area contributed by atoms with Crippen LogP contribution in [0.15, 0.2) is 63.6 Å². The van der Waals surface area contributed by atoms with E-state index in [1.807, 2.05) is 41.8 Å². The highest BCUT2D eigenvalue weighted by Gasteiger charge is 2.11. The van der Waals surface area contributed by atoms with Crippen LogP contribution in [0.2, 0.25) is 10.0 Å². The van der Waals surface area contributed by atoms with Gasteiger partial charge in [0.2, 0.25) is 5.89 Å². The summed E-state index contributed by atoms with van der Waals surface area (Å²) in [6.45, 7) is 0. The molecule has 0 saturated heterocycles. The van der Waals surface area contributed by atoms with Gasteiger partial charge >= 0.3 is 0 Å². The van der Waals surface area contributed by atoms with Crippen LogP contribution < -0.4 is 0 Å². The van der Waals surface area contributed by atoms with E-state index in [1.54, 1.807) is 23.5 Å². The van der Waals surface area contributed by atoms with Crippen molar-refractivity contribution < 1.29 is 4.42 Å². The first-order chi connectivity index (χ1) is 12.7. The van der Waals surface area contributed by atoms with Gasteiger partial charge in [0.25, 0.3) is 5.22 Å². The Balaban J connectivity index is 1.42. The van der Waals surface area contributed by atoms with Crippen LogP contribution in [0.25, 0.3) is 22.0 Å². The second kappa shape index (κ2) is 7.80. The number of thioether (sulfide) groups is 1. The van der Waals surface area contributed by atoms with E-state index >= 15 is 0 Å². The van der Waals surface area contributed by atoms with E-state index < -0.39 is 0 Å². The maximum Gasteiger partial charge on any atom is 0.277 e. The summed E-state index contributed by atoms with van der Waals surface area (Å²) in [5, 5.41) is 13.1. The number of thiazole rings is 1. The van der Waals surface area contributed by atoms with Crippen molar-refractivity contribution >= 4 is 46.3 Å². The number of hydrogen-bond acceptors (Lipinski definition) is 6. The smallest absolute Gasteiger partial charge is 0.277 e. The normalized spacial score (nSPS) is 11.0. The standard InChI is InChI=1S/C18H11Cl2N3OS2/c19-13-5-1-11(2-6-13)16-22-23-18(24-16)26-10-15-9-25-17(21-15)12-3-7-14(20)8-4-12/h1-9H,10H2. The molecule has 0 amide bonds. The first-order valence-corrected chi connectivity index (χ1v) is 10.2. The van der Waals surface area contributed by atoms with Crippen molar-refractivity contribution in [3.63, 3.8) is 0 Å². The number of rotatable bonds is 5. The molecule has 0 radical (unpaired) electrons. The van der Waals surface area contributed by atoms with Gasteiger partial charge in [-0.2, -0.15) is 0 Å². The molecule has 0 aliphatic rings. The molecule has 0 aliphatic carbocycles. The Hall–Kier alpha value is -1.86. The van der Waals surface area contributed by atoms with Crippen molar-refractivity contribution in [3.05, 3.63) is 69.7 Å². The fraction of sp³-hybridized carbons (Fsp3) is 0.0556. The SMILES string of the molecule is Clc1ccc(-c2nnc(SCc3csc(-c4ccc(Cl)cc4)n3)o2)cc1. The molecule has 0 N–H and O–H groups in total. The highest BCUT2D eigenvalue weighted by Crippen LogP contribution is 2.29. The Bertz CT molecular complexity index is 930. The molecule has 2 heterocycles. The summed E-state index contributed by atoms with van der Waals surface area (Å²) >= 11 is 14.9. The molecule has 0 atom stereocenters. The Morgan fingerprint density at radius 1 is 0.885 bits per heavy atom. The minimum Gasteiger partial charge on any atom is -0.411 e. The number of aromatic nitrogens is 3. The Kier molecular flexibility index (Phi) is 5.26. The summed E-state index contributed by atoms with van der Waals surface area (Å²) in [6, 6.07) is 14.9. The van der Waals surface area contributed by atoms with E-state index in [1.165, 1.54) is 11.8 Å². The monoisotopic (exact) mass is 419 g/mol. The van der Waals surface area contributed by atoms with Crippen molar-refractivity contribution in [1.29, 1.82) is 0 Å². The quantitative estimate of drug-likeness (QED) is 0.347. The lowest BCUT2D eigenvalue weighted by atomic mass is 10.2. The maximum absolute atomic E-state index is 5.93. The number of nitrogens with zero attached hydrogens (tertiary/aromatic N) is 3. The fourth-order valence-corrected chi connectivity index (χ4v) is 4.05. The molecule has 0 saturated carbocycles. The van der Waals surface area contributed by atoms with Gasteiger partial charge in [-0.05, 0) is 36.4 Å². The third-order valence-electron chi connectivity index (χ3n) is 3.48. The largest absolute Gasteiger partial charge is 0.411 e. The van der Waals surface area contributed by atoms with Crippen molar-refractivity contribution in [2.45, 2.75) is 11.0 Å². The second-order valence-corrected chi connectivity index (χ2v) is 7.98. The number of halogens is 2. The molecule has 4 nitrogen and oxygen atoms in total. The third kappa shape index (κ3) is 4.10. The minimum absolute atomic E-state index is 0.476. The lowest BCUT2D eigenvalue weighted by Crippen LogP contribution is -1.82. The van der Waals surface area contributed by atoms with E-state index in [4.69, 9.17) is 27.6 Å². The first kappa shape index (κ1) is 17.5. The van der Waals surface area contributed by atoms with Gasteiger partial charge in [-0.3, -0.25) is 0 Å². The van der Waals surface area contributed by atoms with Gasteiger partial charge in [0, 0.05) is 32.3 Å². The zero-order valence-corrected chi connectivity index (χ0v) is 16.4. The number of benzene rings is 2. The van der Waals surface area contributed by atoms with Crippen molar-refractivity contribution in [1.82, 2.24) is 15.2 Å². The van der Waals surface area contributed by atoms with E-state index in [9.17, 15) is 0 Å². The Morgan fingerprint density at radius 2 is 1.54 bits per heavy atom. The van der Waals surface area contributed by atoms with Gasteiger partial charge in [0.15, 0.2) is 0 Å². The highest BCUT2D eigenvalue weighted by molar-refractivity contribution is 7.98. The fourth-order valence-electron chi connectivity index (χ4n) is 2.21. The molecule has 2 aromatic heterocycles. The molecule has 4 aromatic rings. The van der Waals surface area contributed by atoms with Gasteiger partial charge in [-0.25, -0.2) is 4.98 Å². The molecule has 4 rings (SSSR count). The van der Waals surface area contributed by atoms with Gasteiger partial charge in [0.1, 0.15) is 5.01 Å². The van der Waals surface area contributed by atoms with E-state index in [2.05, 4.69) is 15.2 Å². The molecule has 0 aliphatic heterocycles. The molecule has 0 spiro atoms. The zero-order valence-electron chi connectivity index (χ0n) is 13.2. The third-order valence-corrected chi connectivity index (χ3v) is 5.78. The lowest BCUT2D eigenvalue weighted by Gasteiger charge is -1.96. The van der Waals surface area contributed by atoms with Crippen LogP contribution in [-0.4, -0.2) is 15.2 Å². The summed E-state index contributed by atoms with van der Waals surface area (Å²) in [7, 11) is 0. The van der Waals surface area contributed by atoms with Crippen LogP contribution in [0.3, 0.4) is 0 Å². The molecule has 2 aromatic carbocycles. The molecule has 0 bridgehead atoms. The van der Waals surface area contributed by atoms with E-state index in [-0.39, 0.29) is 0 Å². The second-order valence-electron chi connectivity index (χ2n) is 5.32. The van der Waals surface area contributed by atoms with Gasteiger partial charge in [-0.15, -0.1) is 21.5 Å². The van der Waals surface area contributed by atoms with Gasteiger partial charge in [0.05, 0.1) is 5.69 Å². The maximum atomic E-state index is 5.93. The summed E-state index contributed by atoms with van der Waals surface area (Å²) in [5.41, 5.74) is 2.86. The molecular formula is C18H11Cl2N3OS2. The summed E-state index contributed by atoms with van der Waals surface area (Å²) < 4.78 is 5.69. The highest BCUT2D eigenvalue weighted by atomic mass is 35.5. The van der Waals surface area contributed by atoms with Crippen molar-refractivity contribution in [2.24, 2.45) is 0 Å². The predicted molar refractivity (Wildman–Crippen MR) is 107 cm³/mol. The molecule has 130 valence electrons. The lowest BCUT2D eigenvalue weighted by molar-refractivity contribution is 0.466.